The summed E-state index contributed by atoms with van der Waals surface area (Å²) in [6.07, 6.45) is 3.18. The number of ether oxygens (including phenoxy) is 1. The number of methoxy groups -OCH3 is 1. The third-order valence-corrected chi connectivity index (χ3v) is 5.02. The third kappa shape index (κ3) is 2.37. The molecule has 0 aromatic rings. The van der Waals surface area contributed by atoms with E-state index >= 15 is 0 Å². The van der Waals surface area contributed by atoms with Crippen LogP contribution >= 0.6 is 0 Å². The van der Waals surface area contributed by atoms with Crippen LogP contribution in [0.15, 0.2) is 44.4 Å². The van der Waals surface area contributed by atoms with Gasteiger partial charge < -0.3 is 9.46 Å². The van der Waals surface area contributed by atoms with Crippen molar-refractivity contribution in [1.82, 2.24) is 0 Å². The van der Waals surface area contributed by atoms with E-state index in [2.05, 4.69) is 15.0 Å². The molecule has 108 valence electrons. The van der Waals surface area contributed by atoms with Gasteiger partial charge in [0.1, 0.15) is 21.8 Å². The Balaban J connectivity index is 0.00000161. The van der Waals surface area contributed by atoms with E-state index in [4.69, 9.17) is 4.74 Å². The molecule has 0 aromatic carbocycles. The number of allylic oxidation sites excluding steroid dienone is 3. The molecule has 21 heavy (non-hydrogen) atoms. The minimum Gasteiger partial charge on any atom is -0.574 e. The largest absolute Gasteiger partial charge is 1.00 e. The first-order valence-corrected chi connectivity index (χ1v) is 7.79. The first-order valence-electron chi connectivity index (χ1n) is 6.35. The summed E-state index contributed by atoms with van der Waals surface area (Å²) >= 11 is 0. The average molecular weight is 301 g/mol. The first-order chi connectivity index (χ1) is 9.25. The number of sulfonamides is 1. The maximum absolute atomic E-state index is 12.4. The Morgan fingerprint density at radius 3 is 2.52 bits per heavy atom. The number of hydrogen-bond acceptors (Lipinski definition) is 5. The van der Waals surface area contributed by atoms with E-state index in [-0.39, 0.29) is 23.8 Å². The Morgan fingerprint density at radius 1 is 1.29 bits per heavy atom. The first kappa shape index (κ1) is 16.3. The van der Waals surface area contributed by atoms with E-state index in [1.54, 1.807) is 19.3 Å². The summed E-state index contributed by atoms with van der Waals surface area (Å²) in [4.78, 5) is 0.260. The topological polar surface area (TPSA) is 82.2 Å². The quantitative estimate of drug-likeness (QED) is 0.631. The molecule has 2 unspecified atom stereocenters. The normalized spacial score (nSPS) is 29.0. The molecule has 8 heteroatoms. The fourth-order valence-electron chi connectivity index (χ4n) is 2.65. The van der Waals surface area contributed by atoms with E-state index in [0.717, 1.165) is 0 Å². The van der Waals surface area contributed by atoms with Crippen molar-refractivity contribution in [1.29, 1.82) is 0 Å². The minimum absolute atomic E-state index is 0. The van der Waals surface area contributed by atoms with Crippen LogP contribution in [-0.2, 0) is 14.8 Å². The van der Waals surface area contributed by atoms with Crippen LogP contribution in [0.2, 0.25) is 0 Å². The van der Waals surface area contributed by atoms with Gasteiger partial charge in [0.25, 0.3) is 0 Å². The van der Waals surface area contributed by atoms with Crippen LogP contribution in [0, 0.1) is 11.3 Å². The van der Waals surface area contributed by atoms with Crippen molar-refractivity contribution >= 4 is 10.0 Å². The Morgan fingerprint density at radius 2 is 1.95 bits per heavy atom. The second kappa shape index (κ2) is 5.01. The van der Waals surface area contributed by atoms with E-state index in [9.17, 15) is 8.42 Å². The van der Waals surface area contributed by atoms with Crippen LogP contribution in [0.25, 0.3) is 4.72 Å². The monoisotopic (exact) mass is 301 g/mol. The third-order valence-electron chi connectivity index (χ3n) is 3.61. The molecular formula is C13H16LiN3O3S. The standard InChI is InChI=1S/C13H16N3O3S.Li/c1-13(2,3)12-11-9-8(20(17,18)16-12)6-5-7(19-4)10(9)14-15-11;/h5-6,9-10H,1-4H3;/q-1;+1. The van der Waals surface area contributed by atoms with Crippen molar-refractivity contribution in [3.63, 3.8) is 0 Å². The molecule has 2 atom stereocenters. The van der Waals surface area contributed by atoms with Gasteiger partial charge in [-0.05, 0) is 17.6 Å². The predicted molar refractivity (Wildman–Crippen MR) is 74.1 cm³/mol. The maximum Gasteiger partial charge on any atom is 1.00 e. The number of azo groups is 1. The predicted octanol–water partition coefficient (Wildman–Crippen LogP) is -0.156. The van der Waals surface area contributed by atoms with Gasteiger partial charge in [-0.15, -0.1) is 5.70 Å². The minimum atomic E-state index is -3.67. The molecule has 0 spiro atoms. The second-order valence-electron chi connectivity index (χ2n) is 6.03. The Labute approximate surface area is 136 Å². The Hall–Kier alpha value is -1.03. The van der Waals surface area contributed by atoms with Gasteiger partial charge >= 0.3 is 18.9 Å². The molecule has 0 aromatic heterocycles. The Kier molecular flexibility index (Phi) is 3.90. The van der Waals surface area contributed by atoms with Gasteiger partial charge in [-0.2, -0.15) is 10.2 Å². The summed E-state index contributed by atoms with van der Waals surface area (Å²) < 4.78 is 34.0. The fraction of sp³-hybridized carbons (Fsp3) is 0.538. The molecule has 3 aliphatic rings. The van der Waals surface area contributed by atoms with Gasteiger partial charge in [-0.1, -0.05) is 20.8 Å². The number of hydrogen-bond donors (Lipinski definition) is 0. The molecule has 0 amide bonds. The maximum atomic E-state index is 12.4. The van der Waals surface area contributed by atoms with Gasteiger partial charge in [0, 0.05) is 4.91 Å². The van der Waals surface area contributed by atoms with Crippen LogP contribution < -0.4 is 18.9 Å². The molecule has 6 nitrogen and oxygen atoms in total. The van der Waals surface area contributed by atoms with Gasteiger partial charge in [-0.3, -0.25) is 0 Å². The van der Waals surface area contributed by atoms with Gasteiger partial charge in [0.15, 0.2) is 0 Å². The molecule has 0 fully saturated rings. The summed E-state index contributed by atoms with van der Waals surface area (Å²) in [5.74, 6) is 0.231. The number of rotatable bonds is 1. The molecule has 0 saturated carbocycles. The molecule has 0 N–H and O–H groups in total. The summed E-state index contributed by atoms with van der Waals surface area (Å²) in [5.41, 5.74) is 0.727. The smallest absolute Gasteiger partial charge is 0.574 e. The molecule has 0 saturated heterocycles. The van der Waals surface area contributed by atoms with Crippen molar-refractivity contribution < 1.29 is 32.0 Å². The van der Waals surface area contributed by atoms with Gasteiger partial charge in [0.2, 0.25) is 0 Å². The zero-order chi connectivity index (χ0) is 14.7. The average Bonchev–Trinajstić information content (AvgIpc) is 2.77. The van der Waals surface area contributed by atoms with Crippen molar-refractivity contribution in [3.8, 4) is 0 Å². The van der Waals surface area contributed by atoms with Crippen LogP contribution in [0.4, 0.5) is 0 Å². The molecule has 2 heterocycles. The molecule has 0 radical (unpaired) electrons. The van der Waals surface area contributed by atoms with Crippen molar-refractivity contribution in [2.45, 2.75) is 26.8 Å². The van der Waals surface area contributed by atoms with Crippen LogP contribution in [-0.4, -0.2) is 21.6 Å². The molecule has 3 rings (SSSR count). The zero-order valence-corrected chi connectivity index (χ0v) is 13.6. The van der Waals surface area contributed by atoms with E-state index < -0.39 is 27.4 Å². The van der Waals surface area contributed by atoms with Gasteiger partial charge in [0.05, 0.1) is 18.7 Å². The summed E-state index contributed by atoms with van der Waals surface area (Å²) in [6, 6.07) is -0.391. The van der Waals surface area contributed by atoms with Crippen molar-refractivity contribution in [2.75, 3.05) is 7.11 Å². The van der Waals surface area contributed by atoms with Gasteiger partial charge in [-0.25, -0.2) is 8.42 Å². The second-order valence-corrected chi connectivity index (χ2v) is 7.63. The van der Waals surface area contributed by atoms with E-state index in [0.29, 0.717) is 17.2 Å². The zero-order valence-electron chi connectivity index (χ0n) is 12.8. The van der Waals surface area contributed by atoms with E-state index in [1.807, 2.05) is 20.8 Å². The van der Waals surface area contributed by atoms with Crippen LogP contribution in [0.5, 0.6) is 0 Å². The van der Waals surface area contributed by atoms with Crippen molar-refractivity contribution in [2.24, 2.45) is 21.6 Å². The summed E-state index contributed by atoms with van der Waals surface area (Å²) in [5, 5.41) is 8.39. The SMILES string of the molecule is COC1=CC=C2C3C(=C(C(C)(C)C)[N-]S2(=O)=O)N=NC13.[Li+]. The molecule has 2 aliphatic heterocycles. The molecular weight excluding hydrogens is 285 g/mol. The fourth-order valence-corrected chi connectivity index (χ4v) is 4.17. The van der Waals surface area contributed by atoms with Crippen LogP contribution in [0.1, 0.15) is 20.8 Å². The van der Waals surface area contributed by atoms with E-state index in [1.165, 1.54) is 0 Å². The Bertz CT molecular complexity index is 699. The van der Waals surface area contributed by atoms with Crippen LogP contribution in [0.3, 0.4) is 0 Å². The summed E-state index contributed by atoms with van der Waals surface area (Å²) in [6.45, 7) is 5.76. The summed E-state index contributed by atoms with van der Waals surface area (Å²) in [7, 11) is -2.12. The molecule has 1 aliphatic carbocycles. The molecule has 0 bridgehead atoms. The van der Waals surface area contributed by atoms with Crippen molar-refractivity contribution in [3.05, 3.63) is 38.9 Å². The number of nitrogens with zero attached hydrogens (tertiary/aromatic N) is 3.